The summed E-state index contributed by atoms with van der Waals surface area (Å²) in [4.78, 5) is 52.5. The van der Waals surface area contributed by atoms with Crippen molar-refractivity contribution in [2.45, 2.75) is 56.9 Å². The van der Waals surface area contributed by atoms with E-state index in [0.717, 1.165) is 41.0 Å². The predicted octanol–water partition coefficient (Wildman–Crippen LogP) is 3.53. The van der Waals surface area contributed by atoms with Crippen LogP contribution in [0.15, 0.2) is 24.3 Å². The number of likely N-dealkylation sites (tertiary alicyclic amines) is 1. The molecule has 40 heavy (non-hydrogen) atoms. The van der Waals surface area contributed by atoms with Crippen LogP contribution in [0.3, 0.4) is 0 Å². The first kappa shape index (κ1) is 27.2. The van der Waals surface area contributed by atoms with Gasteiger partial charge in [-0.2, -0.15) is 0 Å². The second-order valence-corrected chi connectivity index (χ2v) is 12.7. The average Bonchev–Trinajstić information content (AvgIpc) is 3.66. The van der Waals surface area contributed by atoms with E-state index in [-0.39, 0.29) is 36.2 Å². The summed E-state index contributed by atoms with van der Waals surface area (Å²) in [7, 11) is 2.04. The number of hydrogen-bond donors (Lipinski definition) is 3. The first-order valence-corrected chi connectivity index (χ1v) is 14.9. The van der Waals surface area contributed by atoms with Crippen molar-refractivity contribution in [1.82, 2.24) is 30.4 Å². The monoisotopic (exact) mass is 586 g/mol. The lowest BCUT2D eigenvalue weighted by Gasteiger charge is -2.37. The second-order valence-electron chi connectivity index (χ2n) is 11.1. The zero-order valence-electron chi connectivity index (χ0n) is 22.2. The fourth-order valence-electron chi connectivity index (χ4n) is 6.03. The maximum atomic E-state index is 13.8. The molecule has 6 rings (SSSR count). The van der Waals surface area contributed by atoms with Crippen molar-refractivity contribution in [2.75, 3.05) is 26.7 Å². The molecule has 2 aromatic heterocycles. The number of H-pyrrole nitrogens is 1. The van der Waals surface area contributed by atoms with E-state index in [9.17, 15) is 18.8 Å². The molecule has 1 aromatic carbocycles. The summed E-state index contributed by atoms with van der Waals surface area (Å²) >= 11 is 7.50. The van der Waals surface area contributed by atoms with Crippen molar-refractivity contribution < 1.29 is 18.8 Å². The number of aromatic amines is 1. The van der Waals surface area contributed by atoms with Crippen molar-refractivity contribution in [1.29, 1.82) is 0 Å². The van der Waals surface area contributed by atoms with Gasteiger partial charge in [0.15, 0.2) is 5.01 Å². The molecular weight excluding hydrogens is 555 g/mol. The highest BCUT2D eigenvalue weighted by atomic mass is 35.5. The lowest BCUT2D eigenvalue weighted by molar-refractivity contribution is -0.136. The lowest BCUT2D eigenvalue weighted by Crippen LogP contribution is -2.56. The number of amides is 3. The molecule has 1 saturated heterocycles. The first-order valence-electron chi connectivity index (χ1n) is 13.7. The van der Waals surface area contributed by atoms with Crippen molar-refractivity contribution in [3.8, 4) is 0 Å². The highest BCUT2D eigenvalue weighted by molar-refractivity contribution is 7.13. The summed E-state index contributed by atoms with van der Waals surface area (Å²) in [5, 5.41) is 7.97. The molecule has 3 aliphatic rings. The van der Waals surface area contributed by atoms with Gasteiger partial charge in [0.2, 0.25) is 5.91 Å². The van der Waals surface area contributed by atoms with E-state index in [2.05, 4.69) is 25.5 Å². The highest BCUT2D eigenvalue weighted by Gasteiger charge is 2.39. The van der Waals surface area contributed by atoms with Gasteiger partial charge in [0.05, 0.1) is 18.3 Å². The number of fused-ring (bicyclic) bond motifs is 2. The predicted molar refractivity (Wildman–Crippen MR) is 151 cm³/mol. The topological polar surface area (TPSA) is 110 Å². The number of carbonyl (C=O) groups is 3. The van der Waals surface area contributed by atoms with Crippen molar-refractivity contribution in [3.63, 3.8) is 0 Å². The molecule has 0 radical (unpaired) electrons. The van der Waals surface area contributed by atoms with E-state index < -0.39 is 12.2 Å². The molecule has 2 aliphatic heterocycles. The Hall–Kier alpha value is -3.02. The van der Waals surface area contributed by atoms with Gasteiger partial charge in [0.25, 0.3) is 11.8 Å². The van der Waals surface area contributed by atoms with Crippen LogP contribution in [0.4, 0.5) is 4.39 Å². The van der Waals surface area contributed by atoms with Crippen LogP contribution in [-0.4, -0.2) is 82.4 Å². The summed E-state index contributed by atoms with van der Waals surface area (Å²) in [6.45, 7) is 2.20. The van der Waals surface area contributed by atoms with Crippen LogP contribution >= 0.6 is 22.9 Å². The van der Waals surface area contributed by atoms with Gasteiger partial charge in [-0.05, 0) is 57.0 Å². The summed E-state index contributed by atoms with van der Waals surface area (Å²) in [5.41, 5.74) is 2.15. The Morgan fingerprint density at radius 2 is 1.93 bits per heavy atom. The molecule has 3 amide bonds. The van der Waals surface area contributed by atoms with Gasteiger partial charge in [-0.25, -0.2) is 9.37 Å². The third-order valence-electron chi connectivity index (χ3n) is 8.22. The quantitative estimate of drug-likeness (QED) is 0.424. The molecule has 3 N–H and O–H groups in total. The SMILES string of the molecule is CN1CCc2nc(C(=O)NC3CC(C(=O)N4CC[C@H](F)C4)CCC3NC(=O)c3cc4cc(Cl)ccc4[nH]3)sc2C1. The molecule has 2 fully saturated rings. The van der Waals surface area contributed by atoms with Gasteiger partial charge in [-0.15, -0.1) is 11.3 Å². The standard InChI is InChI=1S/C28H32ClFN6O3S/c1-35-8-7-21-24(14-35)40-27(34-21)26(38)33-22-11-15(28(39)36-9-6-18(30)13-36)2-4-20(22)32-25(37)23-12-16-10-17(29)3-5-19(16)31-23/h3,5,10,12,15,18,20,22,31H,2,4,6-9,11,13-14H2,1H3,(H,32,37)(H,33,38)/t15?,18-,20?,22?/m0/s1. The van der Waals surface area contributed by atoms with E-state index >= 15 is 0 Å². The molecule has 12 heteroatoms. The van der Waals surface area contributed by atoms with E-state index in [1.807, 2.05) is 13.1 Å². The number of alkyl halides is 1. The van der Waals surface area contributed by atoms with Gasteiger partial charge < -0.3 is 25.4 Å². The normalized spacial score (nSPS) is 25.1. The lowest BCUT2D eigenvalue weighted by atomic mass is 9.81. The van der Waals surface area contributed by atoms with Crippen LogP contribution in [0.2, 0.25) is 5.02 Å². The molecular formula is C28H32ClFN6O3S. The Morgan fingerprint density at radius 3 is 2.73 bits per heavy atom. The fourth-order valence-corrected chi connectivity index (χ4v) is 7.30. The molecule has 0 spiro atoms. The Balaban J connectivity index is 1.20. The van der Waals surface area contributed by atoms with Crippen LogP contribution in [0.1, 0.15) is 56.5 Å². The van der Waals surface area contributed by atoms with Gasteiger partial charge in [-0.3, -0.25) is 14.4 Å². The third kappa shape index (κ3) is 5.59. The zero-order chi connectivity index (χ0) is 28.0. The number of rotatable bonds is 5. The van der Waals surface area contributed by atoms with Gasteiger partial charge in [-0.1, -0.05) is 11.6 Å². The maximum absolute atomic E-state index is 13.8. The summed E-state index contributed by atoms with van der Waals surface area (Å²) < 4.78 is 13.8. The van der Waals surface area contributed by atoms with Crippen molar-refractivity contribution >= 4 is 51.6 Å². The van der Waals surface area contributed by atoms with Gasteiger partial charge in [0, 0.05) is 58.8 Å². The van der Waals surface area contributed by atoms with Crippen molar-refractivity contribution in [2.24, 2.45) is 5.92 Å². The largest absolute Gasteiger partial charge is 0.351 e. The van der Waals surface area contributed by atoms with Crippen LogP contribution in [0.5, 0.6) is 0 Å². The molecule has 3 aromatic rings. The highest BCUT2D eigenvalue weighted by Crippen LogP contribution is 2.30. The molecule has 212 valence electrons. The van der Waals surface area contributed by atoms with E-state index in [4.69, 9.17) is 11.6 Å². The fraction of sp³-hybridized carbons (Fsp3) is 0.500. The molecule has 4 atom stereocenters. The van der Waals surface area contributed by atoms with Crippen LogP contribution in [-0.2, 0) is 17.8 Å². The third-order valence-corrected chi connectivity index (χ3v) is 9.53. The molecule has 0 bridgehead atoms. The maximum Gasteiger partial charge on any atom is 0.280 e. The van der Waals surface area contributed by atoms with Crippen LogP contribution in [0.25, 0.3) is 10.9 Å². The average molecular weight is 587 g/mol. The van der Waals surface area contributed by atoms with E-state index in [0.29, 0.717) is 48.0 Å². The number of carbonyl (C=O) groups excluding carboxylic acids is 3. The van der Waals surface area contributed by atoms with Crippen molar-refractivity contribution in [3.05, 3.63) is 50.6 Å². The number of thiazole rings is 1. The number of benzene rings is 1. The van der Waals surface area contributed by atoms with Gasteiger partial charge in [0.1, 0.15) is 11.9 Å². The molecule has 3 unspecified atom stereocenters. The minimum Gasteiger partial charge on any atom is -0.351 e. The van der Waals surface area contributed by atoms with E-state index in [1.165, 1.54) is 11.3 Å². The molecule has 4 heterocycles. The molecule has 1 aliphatic carbocycles. The Kier molecular flexibility index (Phi) is 7.54. The minimum atomic E-state index is -0.990. The van der Waals surface area contributed by atoms with Crippen LogP contribution < -0.4 is 10.6 Å². The van der Waals surface area contributed by atoms with E-state index in [1.54, 1.807) is 23.1 Å². The summed E-state index contributed by atoms with van der Waals surface area (Å²) in [6, 6.07) is 6.24. The smallest absolute Gasteiger partial charge is 0.280 e. The number of nitrogens with one attached hydrogen (secondary N) is 3. The second kappa shape index (κ2) is 11.1. The number of halogens is 2. The first-order chi connectivity index (χ1) is 19.2. The number of likely N-dealkylation sites (N-methyl/N-ethyl adjacent to an activating group) is 1. The molecule has 9 nitrogen and oxygen atoms in total. The Labute approximate surface area is 240 Å². The Morgan fingerprint density at radius 1 is 1.10 bits per heavy atom. The zero-order valence-corrected chi connectivity index (χ0v) is 23.8. The molecule has 1 saturated carbocycles. The number of aromatic nitrogens is 2. The number of nitrogens with zero attached hydrogens (tertiary/aromatic N) is 3. The Bertz CT molecular complexity index is 1460. The number of hydrogen-bond acceptors (Lipinski definition) is 6. The van der Waals surface area contributed by atoms with Gasteiger partial charge >= 0.3 is 0 Å². The van der Waals surface area contributed by atoms with Crippen LogP contribution in [0, 0.1) is 5.92 Å². The summed E-state index contributed by atoms with van der Waals surface area (Å²) in [5.74, 6) is -1.03. The summed E-state index contributed by atoms with van der Waals surface area (Å²) in [6.07, 6.45) is 1.58. The minimum absolute atomic E-state index is 0.0792.